The van der Waals surface area contributed by atoms with Crippen molar-refractivity contribution in [2.45, 2.75) is 38.1 Å². The summed E-state index contributed by atoms with van der Waals surface area (Å²) >= 11 is 0. The fourth-order valence-electron chi connectivity index (χ4n) is 3.43. The van der Waals surface area contributed by atoms with Crippen LogP contribution in [0, 0.1) is 5.82 Å². The van der Waals surface area contributed by atoms with E-state index >= 15 is 0 Å². The van der Waals surface area contributed by atoms with Crippen LogP contribution in [-0.4, -0.2) is 47.0 Å². The number of carbonyl (C=O) groups is 1. The molecule has 2 aromatic rings. The maximum atomic E-state index is 13.9. The number of nitrogens with one attached hydrogen (secondary N) is 1. The molecular formula is C20H23FN4O2. The molecule has 1 fully saturated rings. The Kier molecular flexibility index (Phi) is 4.92. The van der Waals surface area contributed by atoms with Gasteiger partial charge in [0.2, 0.25) is 5.91 Å². The van der Waals surface area contributed by atoms with E-state index in [1.165, 1.54) is 26.0 Å². The van der Waals surface area contributed by atoms with Gasteiger partial charge in [-0.1, -0.05) is 6.07 Å². The number of amides is 1. The van der Waals surface area contributed by atoms with Gasteiger partial charge in [0.25, 0.3) is 0 Å². The summed E-state index contributed by atoms with van der Waals surface area (Å²) in [4.78, 5) is 23.4. The second-order valence-electron chi connectivity index (χ2n) is 7.09. The van der Waals surface area contributed by atoms with Gasteiger partial charge in [-0.05, 0) is 37.0 Å². The highest BCUT2D eigenvalue weighted by atomic mass is 19.1. The molecule has 142 valence electrons. The predicted molar refractivity (Wildman–Crippen MR) is 99.3 cm³/mol. The van der Waals surface area contributed by atoms with E-state index in [1.54, 1.807) is 18.5 Å². The number of anilines is 1. The fraction of sp³-hybridized carbons (Fsp3) is 0.450. The van der Waals surface area contributed by atoms with Crippen molar-refractivity contribution in [2.24, 2.45) is 0 Å². The van der Waals surface area contributed by atoms with E-state index in [2.05, 4.69) is 15.3 Å². The van der Waals surface area contributed by atoms with Crippen LogP contribution in [0.4, 0.5) is 10.2 Å². The van der Waals surface area contributed by atoms with Crippen LogP contribution in [0.15, 0.2) is 24.5 Å². The van der Waals surface area contributed by atoms with E-state index < -0.39 is 5.82 Å². The summed E-state index contributed by atoms with van der Waals surface area (Å²) in [5, 5.41) is 3.46. The first kappa shape index (κ1) is 17.7. The van der Waals surface area contributed by atoms with Crippen LogP contribution in [-0.2, 0) is 24.1 Å². The molecule has 6 nitrogen and oxygen atoms in total. The summed E-state index contributed by atoms with van der Waals surface area (Å²) in [6, 6.07) is 5.18. The van der Waals surface area contributed by atoms with Crippen LogP contribution in [0.1, 0.15) is 29.7 Å². The Morgan fingerprint density at radius 2 is 2.11 bits per heavy atom. The number of aromatic nitrogens is 2. The van der Waals surface area contributed by atoms with Crippen molar-refractivity contribution in [3.63, 3.8) is 0 Å². The smallest absolute Gasteiger partial charge is 0.227 e. The topological polar surface area (TPSA) is 67.3 Å². The van der Waals surface area contributed by atoms with Crippen molar-refractivity contribution in [1.82, 2.24) is 14.9 Å². The number of ether oxygens (including phenoxy) is 1. The van der Waals surface area contributed by atoms with Gasteiger partial charge >= 0.3 is 0 Å². The lowest BCUT2D eigenvalue weighted by molar-refractivity contribution is -0.130. The third-order valence-corrected chi connectivity index (χ3v) is 5.13. The summed E-state index contributed by atoms with van der Waals surface area (Å²) in [5.74, 6) is 0.647. The van der Waals surface area contributed by atoms with Crippen LogP contribution in [0.5, 0.6) is 5.75 Å². The number of halogens is 1. The molecule has 2 aliphatic rings. The van der Waals surface area contributed by atoms with Gasteiger partial charge in [0.15, 0.2) is 11.6 Å². The highest BCUT2D eigenvalue weighted by Gasteiger charge is 2.26. The molecule has 4 rings (SSSR count). The van der Waals surface area contributed by atoms with E-state index in [1.807, 2.05) is 4.90 Å². The second kappa shape index (κ2) is 7.50. The molecule has 0 spiro atoms. The maximum Gasteiger partial charge on any atom is 0.227 e. The quantitative estimate of drug-likeness (QED) is 0.875. The van der Waals surface area contributed by atoms with E-state index in [-0.39, 0.29) is 18.1 Å². The van der Waals surface area contributed by atoms with Gasteiger partial charge in [0, 0.05) is 31.1 Å². The molecule has 2 heterocycles. The van der Waals surface area contributed by atoms with Crippen molar-refractivity contribution in [3.8, 4) is 5.75 Å². The molecule has 1 aromatic heterocycles. The maximum absolute atomic E-state index is 13.9. The lowest BCUT2D eigenvalue weighted by atomic mass is 10.1. The number of carbonyl (C=O) groups excluding carboxylic acids is 1. The largest absolute Gasteiger partial charge is 0.494 e. The van der Waals surface area contributed by atoms with Gasteiger partial charge in [-0.3, -0.25) is 4.79 Å². The number of fused-ring (bicyclic) bond motifs is 1. The minimum Gasteiger partial charge on any atom is -0.494 e. The highest BCUT2D eigenvalue weighted by Crippen LogP contribution is 2.28. The monoisotopic (exact) mass is 370 g/mol. The van der Waals surface area contributed by atoms with Crippen molar-refractivity contribution < 1.29 is 13.9 Å². The van der Waals surface area contributed by atoms with Gasteiger partial charge < -0.3 is 15.0 Å². The molecule has 1 N–H and O–H groups in total. The molecular weight excluding hydrogens is 347 g/mol. The molecule has 0 saturated heterocycles. The van der Waals surface area contributed by atoms with Crippen LogP contribution < -0.4 is 10.1 Å². The Bertz CT molecular complexity index is 854. The molecule has 7 heteroatoms. The van der Waals surface area contributed by atoms with Crippen LogP contribution in [0.25, 0.3) is 0 Å². The summed E-state index contributed by atoms with van der Waals surface area (Å²) in [7, 11) is 1.42. The Hall–Kier alpha value is -2.70. The number of methoxy groups -OCH3 is 1. The van der Waals surface area contributed by atoms with Gasteiger partial charge in [-0.25, -0.2) is 14.4 Å². The fourth-order valence-corrected chi connectivity index (χ4v) is 3.43. The molecule has 1 saturated carbocycles. The number of hydrogen-bond donors (Lipinski definition) is 1. The van der Waals surface area contributed by atoms with E-state index in [4.69, 9.17) is 4.74 Å². The lowest BCUT2D eigenvalue weighted by Gasteiger charge is -2.20. The second-order valence-corrected chi connectivity index (χ2v) is 7.09. The van der Waals surface area contributed by atoms with Crippen LogP contribution in [0.3, 0.4) is 0 Å². The first-order chi connectivity index (χ1) is 13.1. The summed E-state index contributed by atoms with van der Waals surface area (Å²) in [6.07, 6.45) is 5.58. The van der Waals surface area contributed by atoms with E-state index in [9.17, 15) is 9.18 Å². The molecule has 1 aliphatic carbocycles. The first-order valence-electron chi connectivity index (χ1n) is 9.33. The number of nitrogens with zero attached hydrogens (tertiary/aromatic N) is 3. The zero-order valence-corrected chi connectivity index (χ0v) is 15.4. The Labute approximate surface area is 157 Å². The SMILES string of the molecule is COc1ccc(CC(=O)N2CCc3ncnc(NC4CC4)c3CC2)cc1F. The van der Waals surface area contributed by atoms with Crippen molar-refractivity contribution >= 4 is 11.7 Å². The minimum atomic E-state index is -0.447. The van der Waals surface area contributed by atoms with Gasteiger partial charge in [-0.2, -0.15) is 0 Å². The normalized spacial score (nSPS) is 16.4. The summed E-state index contributed by atoms with van der Waals surface area (Å²) in [6.45, 7) is 1.24. The highest BCUT2D eigenvalue weighted by molar-refractivity contribution is 5.79. The lowest BCUT2D eigenvalue weighted by Crippen LogP contribution is -2.34. The molecule has 0 bridgehead atoms. The van der Waals surface area contributed by atoms with Crippen LogP contribution >= 0.6 is 0 Å². The Morgan fingerprint density at radius 1 is 1.30 bits per heavy atom. The number of benzene rings is 1. The molecule has 1 aromatic carbocycles. The Balaban J connectivity index is 1.43. The average Bonchev–Trinajstić information content (AvgIpc) is 3.48. The zero-order chi connectivity index (χ0) is 18.8. The molecule has 0 unspecified atom stereocenters. The van der Waals surface area contributed by atoms with E-state index in [0.717, 1.165) is 23.5 Å². The summed E-state index contributed by atoms with van der Waals surface area (Å²) < 4.78 is 18.8. The number of rotatable bonds is 5. The predicted octanol–water partition coefficient (Wildman–Crippen LogP) is 2.37. The third kappa shape index (κ3) is 4.02. The minimum absolute atomic E-state index is 0.00275. The molecule has 1 amide bonds. The van der Waals surface area contributed by atoms with Gasteiger partial charge in [0.05, 0.1) is 19.2 Å². The first-order valence-corrected chi connectivity index (χ1v) is 9.33. The third-order valence-electron chi connectivity index (χ3n) is 5.13. The zero-order valence-electron chi connectivity index (χ0n) is 15.4. The van der Waals surface area contributed by atoms with Gasteiger partial charge in [-0.15, -0.1) is 0 Å². The molecule has 0 radical (unpaired) electrons. The van der Waals surface area contributed by atoms with Crippen molar-refractivity contribution in [1.29, 1.82) is 0 Å². The van der Waals surface area contributed by atoms with Crippen molar-refractivity contribution in [2.75, 3.05) is 25.5 Å². The molecule has 0 atom stereocenters. The van der Waals surface area contributed by atoms with Gasteiger partial charge in [0.1, 0.15) is 12.1 Å². The number of hydrogen-bond acceptors (Lipinski definition) is 5. The molecule has 1 aliphatic heterocycles. The average molecular weight is 370 g/mol. The van der Waals surface area contributed by atoms with Crippen molar-refractivity contribution in [3.05, 3.63) is 47.2 Å². The van der Waals surface area contributed by atoms with Crippen LogP contribution in [0.2, 0.25) is 0 Å². The summed E-state index contributed by atoms with van der Waals surface area (Å²) in [5.41, 5.74) is 2.78. The van der Waals surface area contributed by atoms with E-state index in [0.29, 0.717) is 31.1 Å². The standard InChI is InChI=1S/C20H23FN4O2/c1-27-18-5-2-13(10-16(18)21)11-19(26)25-8-6-15-17(7-9-25)22-12-23-20(15)24-14-3-4-14/h2,5,10,12,14H,3-4,6-9,11H2,1H3,(H,22,23,24). The molecule has 27 heavy (non-hydrogen) atoms. The Morgan fingerprint density at radius 3 is 2.85 bits per heavy atom.